The van der Waals surface area contributed by atoms with Gasteiger partial charge in [0.15, 0.2) is 11.5 Å². The molecule has 4 aromatic rings. The molecule has 2 aliphatic rings. The van der Waals surface area contributed by atoms with Gasteiger partial charge in [0.2, 0.25) is 0 Å². The molecule has 0 amide bonds. The number of aromatic nitrogens is 1. The minimum absolute atomic E-state index is 0.214. The Morgan fingerprint density at radius 2 is 1.74 bits per heavy atom. The van der Waals surface area contributed by atoms with Crippen LogP contribution in [0.25, 0.3) is 34.2 Å². The fourth-order valence-corrected chi connectivity index (χ4v) is 6.98. The number of hydrogen-bond acceptors (Lipinski definition) is 3. The predicted octanol–water partition coefficient (Wildman–Crippen LogP) is 8.25. The summed E-state index contributed by atoms with van der Waals surface area (Å²) in [5, 5.41) is 12.1. The van der Waals surface area contributed by atoms with E-state index in [4.69, 9.17) is 9.47 Å². The smallest absolute Gasteiger partial charge is 0.164 e. The first-order valence-electron chi connectivity index (χ1n) is 13.6. The lowest BCUT2D eigenvalue weighted by molar-refractivity contribution is -0.0827. The van der Waals surface area contributed by atoms with E-state index in [9.17, 15) is 5.11 Å². The number of phenols is 1. The van der Waals surface area contributed by atoms with Gasteiger partial charge in [-0.05, 0) is 84.5 Å². The number of fused-ring (bicyclic) bond motifs is 3. The molecule has 1 N–H and O–H groups in total. The van der Waals surface area contributed by atoms with Gasteiger partial charge in [-0.15, -0.1) is 0 Å². The molecule has 4 nitrogen and oxygen atoms in total. The molecular weight excluding hydrogens is 470 g/mol. The molecule has 196 valence electrons. The molecule has 1 aliphatic heterocycles. The number of methoxy groups -OCH3 is 1. The third-order valence-corrected chi connectivity index (χ3v) is 8.95. The fraction of sp³-hybridized carbons (Fsp3) is 0.353. The van der Waals surface area contributed by atoms with Crippen molar-refractivity contribution in [2.24, 2.45) is 18.4 Å². The van der Waals surface area contributed by atoms with E-state index in [1.54, 1.807) is 7.11 Å². The molecule has 38 heavy (non-hydrogen) atoms. The summed E-state index contributed by atoms with van der Waals surface area (Å²) in [6.07, 6.45) is 10.7. The summed E-state index contributed by atoms with van der Waals surface area (Å²) < 4.78 is 14.6. The zero-order valence-electron chi connectivity index (χ0n) is 23.0. The molecular formula is C34H37NO3. The van der Waals surface area contributed by atoms with Gasteiger partial charge in [-0.2, -0.15) is 0 Å². The van der Waals surface area contributed by atoms with Crippen molar-refractivity contribution >= 4 is 23.1 Å². The molecule has 1 aromatic heterocycles. The topological polar surface area (TPSA) is 43.6 Å². The van der Waals surface area contributed by atoms with Crippen LogP contribution >= 0.6 is 0 Å². The lowest BCUT2D eigenvalue weighted by Gasteiger charge is -2.53. The van der Waals surface area contributed by atoms with E-state index in [1.807, 2.05) is 12.1 Å². The SMILES string of the molecule is COc1cc(/C=C/c2cc(O)c3c(c2)CC2C(C)(C)CCC[C@@]2(C)O3)cc2c1c(-c1ccccc1)cn2C. The summed E-state index contributed by atoms with van der Waals surface area (Å²) in [5.41, 5.74) is 6.56. The van der Waals surface area contributed by atoms with E-state index in [-0.39, 0.29) is 16.8 Å². The van der Waals surface area contributed by atoms with Gasteiger partial charge in [-0.3, -0.25) is 0 Å². The first-order valence-corrected chi connectivity index (χ1v) is 13.6. The molecule has 2 atom stereocenters. The molecule has 1 saturated carbocycles. The van der Waals surface area contributed by atoms with Crippen molar-refractivity contribution in [3.05, 3.63) is 77.5 Å². The van der Waals surface area contributed by atoms with E-state index in [0.29, 0.717) is 11.7 Å². The summed E-state index contributed by atoms with van der Waals surface area (Å²) >= 11 is 0. The van der Waals surface area contributed by atoms with Gasteiger partial charge in [0.25, 0.3) is 0 Å². The highest BCUT2D eigenvalue weighted by Gasteiger charge is 2.51. The Kier molecular flexibility index (Phi) is 5.82. The van der Waals surface area contributed by atoms with Crippen LogP contribution in [0.5, 0.6) is 17.2 Å². The van der Waals surface area contributed by atoms with Crippen LogP contribution in [0.15, 0.2) is 60.8 Å². The normalized spacial score (nSPS) is 22.2. The van der Waals surface area contributed by atoms with E-state index >= 15 is 0 Å². The maximum atomic E-state index is 11.0. The lowest BCUT2D eigenvalue weighted by atomic mass is 9.59. The summed E-state index contributed by atoms with van der Waals surface area (Å²) in [6.45, 7) is 6.96. The van der Waals surface area contributed by atoms with Gasteiger partial charge >= 0.3 is 0 Å². The van der Waals surface area contributed by atoms with E-state index in [1.165, 1.54) is 18.4 Å². The molecule has 6 rings (SSSR count). The second kappa shape index (κ2) is 8.97. The van der Waals surface area contributed by atoms with Crippen molar-refractivity contribution in [1.29, 1.82) is 0 Å². The van der Waals surface area contributed by atoms with E-state index < -0.39 is 0 Å². The van der Waals surface area contributed by atoms with Crippen LogP contribution in [-0.2, 0) is 13.5 Å². The average molecular weight is 508 g/mol. The number of phenolic OH excluding ortho intramolecular Hbond substituents is 1. The molecule has 0 radical (unpaired) electrons. The quantitative estimate of drug-likeness (QED) is 0.283. The largest absolute Gasteiger partial charge is 0.504 e. The Balaban J connectivity index is 1.36. The third kappa shape index (κ3) is 4.07. The van der Waals surface area contributed by atoms with Crippen molar-refractivity contribution in [2.45, 2.75) is 52.1 Å². The zero-order chi connectivity index (χ0) is 26.7. The third-order valence-electron chi connectivity index (χ3n) is 8.95. The van der Waals surface area contributed by atoms with Crippen molar-refractivity contribution in [3.8, 4) is 28.4 Å². The van der Waals surface area contributed by atoms with Gasteiger partial charge in [-0.1, -0.05) is 56.3 Å². The monoisotopic (exact) mass is 507 g/mol. The number of hydrogen-bond donors (Lipinski definition) is 1. The number of benzene rings is 3. The Morgan fingerprint density at radius 3 is 2.47 bits per heavy atom. The molecule has 0 bridgehead atoms. The van der Waals surface area contributed by atoms with Crippen LogP contribution in [0.3, 0.4) is 0 Å². The highest BCUT2D eigenvalue weighted by molar-refractivity contribution is 6.01. The van der Waals surface area contributed by atoms with Crippen LogP contribution in [0, 0.1) is 11.3 Å². The van der Waals surface area contributed by atoms with E-state index in [0.717, 1.165) is 51.7 Å². The highest BCUT2D eigenvalue weighted by Crippen LogP contribution is 2.54. The molecule has 0 saturated heterocycles. The summed E-state index contributed by atoms with van der Waals surface area (Å²) in [6, 6.07) is 18.7. The first-order chi connectivity index (χ1) is 18.2. The number of ether oxygens (including phenoxy) is 2. The minimum atomic E-state index is -0.219. The Labute approximate surface area is 225 Å². The van der Waals surface area contributed by atoms with Crippen LogP contribution in [0.1, 0.15) is 56.7 Å². The average Bonchev–Trinajstić information content (AvgIpc) is 3.23. The number of rotatable bonds is 4. The Morgan fingerprint density at radius 1 is 1.00 bits per heavy atom. The van der Waals surface area contributed by atoms with Crippen molar-refractivity contribution in [2.75, 3.05) is 7.11 Å². The van der Waals surface area contributed by atoms with Gasteiger partial charge < -0.3 is 19.1 Å². The minimum Gasteiger partial charge on any atom is -0.504 e. The lowest BCUT2D eigenvalue weighted by Crippen LogP contribution is -2.53. The highest BCUT2D eigenvalue weighted by atomic mass is 16.5. The van der Waals surface area contributed by atoms with Crippen molar-refractivity contribution in [1.82, 2.24) is 4.57 Å². The van der Waals surface area contributed by atoms with Crippen molar-refractivity contribution in [3.63, 3.8) is 0 Å². The number of nitrogens with zero attached hydrogens (tertiary/aromatic N) is 1. The summed E-state index contributed by atoms with van der Waals surface area (Å²) in [4.78, 5) is 0. The zero-order valence-corrected chi connectivity index (χ0v) is 23.0. The van der Waals surface area contributed by atoms with Gasteiger partial charge in [0, 0.05) is 30.1 Å². The molecule has 2 heterocycles. The standard InChI is InChI=1S/C34H37NO3/c1-33(2)14-9-15-34(3)30(33)20-25-16-22(18-28(36)32(25)38-34)12-13-23-17-27-31(29(19-23)37-5)26(21-35(27)4)24-10-7-6-8-11-24/h6-8,10-13,16-19,21,30,36H,9,14-15,20H2,1-5H3/b13-12+/t30?,34-/m1/s1. The van der Waals surface area contributed by atoms with Gasteiger partial charge in [-0.25, -0.2) is 0 Å². The Hall–Kier alpha value is -3.66. The van der Waals surface area contributed by atoms with Gasteiger partial charge in [0.1, 0.15) is 11.4 Å². The summed E-state index contributed by atoms with van der Waals surface area (Å²) in [7, 11) is 3.80. The fourth-order valence-electron chi connectivity index (χ4n) is 6.98. The predicted molar refractivity (Wildman–Crippen MR) is 156 cm³/mol. The maximum Gasteiger partial charge on any atom is 0.164 e. The second-order valence-corrected chi connectivity index (χ2v) is 12.0. The molecule has 3 aromatic carbocycles. The van der Waals surface area contributed by atoms with Crippen LogP contribution in [0.2, 0.25) is 0 Å². The van der Waals surface area contributed by atoms with Crippen LogP contribution in [0.4, 0.5) is 0 Å². The van der Waals surface area contributed by atoms with E-state index in [2.05, 4.69) is 93.2 Å². The van der Waals surface area contributed by atoms with Crippen LogP contribution < -0.4 is 9.47 Å². The molecule has 1 aliphatic carbocycles. The van der Waals surface area contributed by atoms with Crippen molar-refractivity contribution < 1.29 is 14.6 Å². The molecule has 0 spiro atoms. The van der Waals surface area contributed by atoms with Gasteiger partial charge in [0.05, 0.1) is 12.6 Å². The Bertz CT molecular complexity index is 1550. The summed E-state index contributed by atoms with van der Waals surface area (Å²) in [5.74, 6) is 2.17. The second-order valence-electron chi connectivity index (χ2n) is 12.0. The number of aromatic hydroxyl groups is 1. The van der Waals surface area contributed by atoms with Crippen LogP contribution in [-0.4, -0.2) is 22.4 Å². The number of aryl methyl sites for hydroxylation is 1. The molecule has 1 unspecified atom stereocenters. The maximum absolute atomic E-state index is 11.0. The molecule has 4 heteroatoms. The molecule has 1 fully saturated rings. The first kappa shape index (κ1) is 24.7.